The van der Waals surface area contributed by atoms with Gasteiger partial charge in [0.25, 0.3) is 0 Å². The van der Waals surface area contributed by atoms with E-state index in [0.717, 1.165) is 16.9 Å². The summed E-state index contributed by atoms with van der Waals surface area (Å²) in [6, 6.07) is 1.96. The zero-order valence-corrected chi connectivity index (χ0v) is 11.7. The minimum absolute atomic E-state index is 0.00364. The van der Waals surface area contributed by atoms with Gasteiger partial charge in [-0.05, 0) is 56.0 Å². The van der Waals surface area contributed by atoms with Crippen LogP contribution in [0.3, 0.4) is 0 Å². The highest BCUT2D eigenvalue weighted by Gasteiger charge is 2.39. The Morgan fingerprint density at radius 2 is 2.28 bits per heavy atom. The molecule has 2 atom stereocenters. The van der Waals surface area contributed by atoms with Crippen LogP contribution in [-0.4, -0.2) is 11.0 Å². The minimum atomic E-state index is -2.54. The highest BCUT2D eigenvalue weighted by Crippen LogP contribution is 2.43. The summed E-state index contributed by atoms with van der Waals surface area (Å²) in [7, 11) is 0. The first-order chi connectivity index (χ1) is 8.30. The van der Waals surface area contributed by atoms with Gasteiger partial charge in [-0.15, -0.1) is 11.3 Å². The molecule has 1 aliphatic rings. The predicted octanol–water partition coefficient (Wildman–Crippen LogP) is 4.48. The van der Waals surface area contributed by atoms with Crippen molar-refractivity contribution < 1.29 is 13.9 Å². The topological polar surface area (TPSA) is 20.2 Å². The van der Waals surface area contributed by atoms with E-state index in [9.17, 15) is 13.9 Å². The molecule has 1 saturated carbocycles. The molecule has 1 aliphatic carbocycles. The molecule has 0 aromatic carbocycles. The van der Waals surface area contributed by atoms with E-state index in [1.165, 1.54) is 11.3 Å². The first-order valence-electron chi connectivity index (χ1n) is 6.45. The van der Waals surface area contributed by atoms with E-state index in [4.69, 9.17) is 0 Å². The van der Waals surface area contributed by atoms with E-state index in [1.54, 1.807) is 6.92 Å². The maximum absolute atomic E-state index is 13.4. The highest BCUT2D eigenvalue weighted by molar-refractivity contribution is 7.10. The number of rotatable bonds is 3. The van der Waals surface area contributed by atoms with E-state index < -0.39 is 11.5 Å². The van der Waals surface area contributed by atoms with Crippen LogP contribution in [0.25, 0.3) is 0 Å². The van der Waals surface area contributed by atoms with Crippen molar-refractivity contribution in [1.29, 1.82) is 0 Å². The van der Waals surface area contributed by atoms with Crippen LogP contribution in [0, 0.1) is 12.8 Å². The number of hydrogen-bond donors (Lipinski definition) is 1. The molecule has 2 unspecified atom stereocenters. The molecule has 0 bridgehead atoms. The molecular weight excluding hydrogens is 254 g/mol. The Hall–Kier alpha value is -0.480. The Morgan fingerprint density at radius 3 is 2.83 bits per heavy atom. The van der Waals surface area contributed by atoms with Gasteiger partial charge in [0.05, 0.1) is 5.60 Å². The van der Waals surface area contributed by atoms with Crippen LogP contribution in [0.2, 0.25) is 0 Å². The smallest absolute Gasteiger partial charge is 0.248 e. The lowest BCUT2D eigenvalue weighted by atomic mass is 9.79. The molecule has 0 saturated heterocycles. The van der Waals surface area contributed by atoms with Crippen molar-refractivity contribution >= 4 is 11.3 Å². The molecule has 1 nitrogen and oxygen atoms in total. The fourth-order valence-electron chi connectivity index (χ4n) is 3.03. The van der Waals surface area contributed by atoms with Gasteiger partial charge >= 0.3 is 0 Å². The maximum Gasteiger partial charge on any atom is 0.248 e. The summed E-state index contributed by atoms with van der Waals surface area (Å²) in [6.07, 6.45) is 1.73. The van der Waals surface area contributed by atoms with Gasteiger partial charge in [-0.25, -0.2) is 8.78 Å². The van der Waals surface area contributed by atoms with E-state index in [0.29, 0.717) is 12.8 Å². The minimum Gasteiger partial charge on any atom is -0.385 e. The lowest BCUT2D eigenvalue weighted by Gasteiger charge is -2.34. The van der Waals surface area contributed by atoms with Crippen LogP contribution >= 0.6 is 11.3 Å². The van der Waals surface area contributed by atoms with Crippen LogP contribution in [-0.2, 0) is 5.60 Å². The maximum atomic E-state index is 13.4. The highest BCUT2D eigenvalue weighted by atomic mass is 32.1. The van der Waals surface area contributed by atoms with Gasteiger partial charge in [-0.2, -0.15) is 0 Å². The summed E-state index contributed by atoms with van der Waals surface area (Å²) in [6.45, 7) is 3.70. The first kappa shape index (κ1) is 13.9. The third-order valence-electron chi connectivity index (χ3n) is 3.78. The zero-order chi connectivity index (χ0) is 13.4. The average Bonchev–Trinajstić information content (AvgIpc) is 2.62. The number of thiophene rings is 1. The van der Waals surface area contributed by atoms with E-state index in [-0.39, 0.29) is 18.8 Å². The molecule has 102 valence electrons. The van der Waals surface area contributed by atoms with Crippen LogP contribution < -0.4 is 0 Å². The standard InChI is InChI=1S/C14H20F2OS/c1-10-5-7-18-12(10)13(2,17)8-11-4-3-6-14(15,16)9-11/h5,7,11,17H,3-4,6,8-9H2,1-2H3. The fraction of sp³-hybridized carbons (Fsp3) is 0.714. The molecule has 1 aromatic heterocycles. The third-order valence-corrected chi connectivity index (χ3v) is 5.05. The summed E-state index contributed by atoms with van der Waals surface area (Å²) < 4.78 is 26.7. The van der Waals surface area contributed by atoms with Crippen molar-refractivity contribution in [2.45, 2.75) is 57.5 Å². The number of hydrogen-bond acceptors (Lipinski definition) is 2. The van der Waals surface area contributed by atoms with Gasteiger partial charge in [0.2, 0.25) is 5.92 Å². The second-order valence-electron chi connectivity index (χ2n) is 5.73. The summed E-state index contributed by atoms with van der Waals surface area (Å²) >= 11 is 1.51. The average molecular weight is 274 g/mol. The largest absolute Gasteiger partial charge is 0.385 e. The SMILES string of the molecule is Cc1ccsc1C(C)(O)CC1CCCC(F)(F)C1. The normalized spacial score (nSPS) is 26.8. The number of aryl methyl sites for hydroxylation is 1. The Morgan fingerprint density at radius 1 is 1.56 bits per heavy atom. The van der Waals surface area contributed by atoms with E-state index >= 15 is 0 Å². The molecular formula is C14H20F2OS. The van der Waals surface area contributed by atoms with Crippen molar-refractivity contribution in [2.24, 2.45) is 5.92 Å². The summed E-state index contributed by atoms with van der Waals surface area (Å²) in [4.78, 5) is 0.913. The number of halogens is 2. The second kappa shape index (κ2) is 4.89. The van der Waals surface area contributed by atoms with Crippen LogP contribution in [0.1, 0.15) is 49.5 Å². The van der Waals surface area contributed by atoms with Gasteiger partial charge in [0, 0.05) is 17.7 Å². The molecule has 0 spiro atoms. The Bertz CT molecular complexity index is 412. The lowest BCUT2D eigenvalue weighted by Crippen LogP contribution is -2.31. The quantitative estimate of drug-likeness (QED) is 0.861. The molecule has 1 N–H and O–H groups in total. The Labute approximate surface area is 111 Å². The van der Waals surface area contributed by atoms with Crippen molar-refractivity contribution in [3.05, 3.63) is 21.9 Å². The Kier molecular flexibility index (Phi) is 3.79. The number of aliphatic hydroxyl groups is 1. The third kappa shape index (κ3) is 3.09. The van der Waals surface area contributed by atoms with Crippen molar-refractivity contribution in [3.8, 4) is 0 Å². The molecule has 4 heteroatoms. The number of alkyl halides is 2. The summed E-state index contributed by atoms with van der Waals surface area (Å²) in [5.74, 6) is -2.62. The van der Waals surface area contributed by atoms with Gasteiger partial charge < -0.3 is 5.11 Å². The molecule has 0 amide bonds. The van der Waals surface area contributed by atoms with Crippen LogP contribution in [0.5, 0.6) is 0 Å². The van der Waals surface area contributed by atoms with Gasteiger partial charge in [-0.3, -0.25) is 0 Å². The van der Waals surface area contributed by atoms with Crippen molar-refractivity contribution in [1.82, 2.24) is 0 Å². The molecule has 1 heterocycles. The fourth-order valence-corrected chi connectivity index (χ4v) is 4.03. The van der Waals surface area contributed by atoms with Gasteiger partial charge in [-0.1, -0.05) is 0 Å². The monoisotopic (exact) mass is 274 g/mol. The van der Waals surface area contributed by atoms with E-state index in [1.807, 2.05) is 18.4 Å². The zero-order valence-electron chi connectivity index (χ0n) is 10.9. The van der Waals surface area contributed by atoms with Gasteiger partial charge in [0.15, 0.2) is 0 Å². The molecule has 18 heavy (non-hydrogen) atoms. The van der Waals surface area contributed by atoms with Crippen LogP contribution in [0.4, 0.5) is 8.78 Å². The summed E-state index contributed by atoms with van der Waals surface area (Å²) in [5, 5.41) is 12.5. The Balaban J connectivity index is 2.06. The summed E-state index contributed by atoms with van der Waals surface area (Å²) in [5.41, 5.74) is 0.0728. The molecule has 1 fully saturated rings. The molecule has 0 radical (unpaired) electrons. The first-order valence-corrected chi connectivity index (χ1v) is 7.33. The van der Waals surface area contributed by atoms with Crippen LogP contribution in [0.15, 0.2) is 11.4 Å². The van der Waals surface area contributed by atoms with E-state index in [2.05, 4.69) is 0 Å². The van der Waals surface area contributed by atoms with Crippen molar-refractivity contribution in [3.63, 3.8) is 0 Å². The van der Waals surface area contributed by atoms with Crippen molar-refractivity contribution in [2.75, 3.05) is 0 Å². The second-order valence-corrected chi connectivity index (χ2v) is 6.65. The molecule has 1 aromatic rings. The molecule has 2 rings (SSSR count). The predicted molar refractivity (Wildman–Crippen MR) is 70.1 cm³/mol. The molecule has 0 aliphatic heterocycles. The van der Waals surface area contributed by atoms with Gasteiger partial charge in [0.1, 0.15) is 0 Å². The lowest BCUT2D eigenvalue weighted by molar-refractivity contribution is -0.0688.